The van der Waals surface area contributed by atoms with Gasteiger partial charge in [0.1, 0.15) is 0 Å². The Hall–Kier alpha value is -0.820. The van der Waals surface area contributed by atoms with Gasteiger partial charge in [0.25, 0.3) is 0 Å². The molecule has 2 N–H and O–H groups in total. The number of benzene rings is 1. The second-order valence-corrected chi connectivity index (χ2v) is 5.07. The lowest BCUT2D eigenvalue weighted by Gasteiger charge is -2.28. The van der Waals surface area contributed by atoms with Crippen LogP contribution in [0.25, 0.3) is 0 Å². The summed E-state index contributed by atoms with van der Waals surface area (Å²) in [6, 6.07) is 6.89. The third-order valence-electron chi connectivity index (χ3n) is 3.79. The molecule has 1 nitrogen and oxygen atoms in total. The van der Waals surface area contributed by atoms with Crippen molar-refractivity contribution < 1.29 is 0 Å². The molecule has 1 aromatic carbocycles. The normalized spacial score (nSPS) is 19.4. The smallest absolute Gasteiger partial charge is 0.00757 e. The molecule has 1 aromatic rings. The third-order valence-corrected chi connectivity index (χ3v) is 3.79. The summed E-state index contributed by atoms with van der Waals surface area (Å²) in [6.45, 7) is 5.15. The Morgan fingerprint density at radius 1 is 1.07 bits per heavy atom. The van der Waals surface area contributed by atoms with Gasteiger partial charge in [0.05, 0.1) is 0 Å². The number of rotatable bonds is 2. The average molecular weight is 203 g/mol. The third kappa shape index (κ3) is 1.93. The van der Waals surface area contributed by atoms with Crippen LogP contribution >= 0.6 is 0 Å². The Balaban J connectivity index is 2.42. The molecule has 0 radical (unpaired) electrons. The van der Waals surface area contributed by atoms with Crippen molar-refractivity contribution in [3.8, 4) is 0 Å². The minimum Gasteiger partial charge on any atom is -0.330 e. The second kappa shape index (κ2) is 3.97. The van der Waals surface area contributed by atoms with Crippen molar-refractivity contribution in [1.82, 2.24) is 0 Å². The van der Waals surface area contributed by atoms with Gasteiger partial charge in [-0.3, -0.25) is 0 Å². The second-order valence-electron chi connectivity index (χ2n) is 5.07. The molecule has 0 saturated heterocycles. The summed E-state index contributed by atoms with van der Waals surface area (Å²) >= 11 is 0. The van der Waals surface area contributed by atoms with E-state index in [1.54, 1.807) is 0 Å². The van der Waals surface area contributed by atoms with E-state index in [4.69, 9.17) is 5.73 Å². The first-order valence-corrected chi connectivity index (χ1v) is 5.95. The molecule has 0 bridgehead atoms. The first kappa shape index (κ1) is 10.7. The van der Waals surface area contributed by atoms with Gasteiger partial charge in [0, 0.05) is 12.0 Å². The maximum absolute atomic E-state index is 6.00. The van der Waals surface area contributed by atoms with Crippen LogP contribution in [0.4, 0.5) is 0 Å². The molecule has 1 aliphatic rings. The average Bonchev–Trinajstić information content (AvgIpc) is 2.65. The fourth-order valence-corrected chi connectivity index (χ4v) is 2.94. The topological polar surface area (TPSA) is 26.0 Å². The van der Waals surface area contributed by atoms with Gasteiger partial charge in [0.2, 0.25) is 0 Å². The number of aryl methyl sites for hydroxylation is 2. The van der Waals surface area contributed by atoms with E-state index in [9.17, 15) is 0 Å². The molecule has 0 heterocycles. The van der Waals surface area contributed by atoms with Crippen LogP contribution in [-0.4, -0.2) is 6.54 Å². The standard InChI is InChI=1S/C14H21N/c1-11-7-12(2)9-13(8-11)14(10-15)5-3-4-6-14/h7-9H,3-6,10,15H2,1-2H3. The van der Waals surface area contributed by atoms with E-state index >= 15 is 0 Å². The molecule has 1 heteroatoms. The summed E-state index contributed by atoms with van der Waals surface area (Å²) in [5.41, 5.74) is 10.5. The van der Waals surface area contributed by atoms with Crippen LogP contribution in [0.5, 0.6) is 0 Å². The van der Waals surface area contributed by atoms with E-state index in [2.05, 4.69) is 32.0 Å². The molecule has 0 spiro atoms. The summed E-state index contributed by atoms with van der Waals surface area (Å²) in [5.74, 6) is 0. The van der Waals surface area contributed by atoms with E-state index < -0.39 is 0 Å². The van der Waals surface area contributed by atoms with E-state index in [0.717, 1.165) is 6.54 Å². The Bertz CT molecular complexity index is 328. The highest BCUT2D eigenvalue weighted by atomic mass is 14.6. The van der Waals surface area contributed by atoms with Gasteiger partial charge in [-0.25, -0.2) is 0 Å². The first-order chi connectivity index (χ1) is 7.16. The predicted molar refractivity (Wildman–Crippen MR) is 65.1 cm³/mol. The van der Waals surface area contributed by atoms with Gasteiger partial charge in [-0.15, -0.1) is 0 Å². The number of hydrogen-bond donors (Lipinski definition) is 1. The van der Waals surface area contributed by atoms with Crippen molar-refractivity contribution >= 4 is 0 Å². The molecule has 1 saturated carbocycles. The molecule has 15 heavy (non-hydrogen) atoms. The zero-order valence-corrected chi connectivity index (χ0v) is 9.84. The Labute approximate surface area is 92.7 Å². The quantitative estimate of drug-likeness (QED) is 0.785. The Morgan fingerprint density at radius 2 is 1.60 bits per heavy atom. The summed E-state index contributed by atoms with van der Waals surface area (Å²) in [7, 11) is 0. The summed E-state index contributed by atoms with van der Waals surface area (Å²) in [5, 5.41) is 0. The Morgan fingerprint density at radius 3 is 2.07 bits per heavy atom. The molecule has 0 aliphatic heterocycles. The fourth-order valence-electron chi connectivity index (χ4n) is 2.94. The van der Waals surface area contributed by atoms with Crippen LogP contribution in [0.15, 0.2) is 18.2 Å². The van der Waals surface area contributed by atoms with E-state index in [1.165, 1.54) is 42.4 Å². The fraction of sp³-hybridized carbons (Fsp3) is 0.571. The largest absolute Gasteiger partial charge is 0.330 e. The molecule has 82 valence electrons. The van der Waals surface area contributed by atoms with Crippen molar-refractivity contribution in [2.24, 2.45) is 5.73 Å². The van der Waals surface area contributed by atoms with Gasteiger partial charge in [-0.2, -0.15) is 0 Å². The SMILES string of the molecule is Cc1cc(C)cc(C2(CN)CCCC2)c1. The molecule has 1 fully saturated rings. The minimum atomic E-state index is 0.288. The minimum absolute atomic E-state index is 0.288. The van der Waals surface area contributed by atoms with Crippen LogP contribution in [-0.2, 0) is 5.41 Å². The van der Waals surface area contributed by atoms with Gasteiger partial charge in [-0.05, 0) is 32.3 Å². The maximum atomic E-state index is 6.00. The molecule has 1 aliphatic carbocycles. The van der Waals surface area contributed by atoms with Crippen molar-refractivity contribution in [1.29, 1.82) is 0 Å². The molecule has 0 amide bonds. The van der Waals surface area contributed by atoms with Crippen molar-refractivity contribution in [2.45, 2.75) is 44.9 Å². The van der Waals surface area contributed by atoms with Crippen molar-refractivity contribution in [2.75, 3.05) is 6.54 Å². The van der Waals surface area contributed by atoms with Crippen LogP contribution in [0.2, 0.25) is 0 Å². The molecule has 0 aromatic heterocycles. The van der Waals surface area contributed by atoms with Crippen LogP contribution in [0, 0.1) is 13.8 Å². The molecule has 0 unspecified atom stereocenters. The predicted octanol–water partition coefficient (Wildman–Crippen LogP) is 3.07. The van der Waals surface area contributed by atoms with Crippen LogP contribution in [0.3, 0.4) is 0 Å². The summed E-state index contributed by atoms with van der Waals surface area (Å²) in [4.78, 5) is 0. The summed E-state index contributed by atoms with van der Waals surface area (Å²) < 4.78 is 0. The number of hydrogen-bond acceptors (Lipinski definition) is 1. The molecule has 0 atom stereocenters. The molecular formula is C14H21N. The van der Waals surface area contributed by atoms with E-state index in [-0.39, 0.29) is 5.41 Å². The lowest BCUT2D eigenvalue weighted by Crippen LogP contribution is -2.32. The van der Waals surface area contributed by atoms with Crippen LogP contribution in [0.1, 0.15) is 42.4 Å². The van der Waals surface area contributed by atoms with Gasteiger partial charge >= 0.3 is 0 Å². The van der Waals surface area contributed by atoms with Crippen molar-refractivity contribution in [3.05, 3.63) is 34.9 Å². The summed E-state index contributed by atoms with van der Waals surface area (Å²) in [6.07, 6.45) is 5.22. The highest BCUT2D eigenvalue weighted by Crippen LogP contribution is 2.40. The lowest BCUT2D eigenvalue weighted by molar-refractivity contribution is 0.452. The van der Waals surface area contributed by atoms with Crippen LogP contribution < -0.4 is 5.73 Å². The van der Waals surface area contributed by atoms with Crippen molar-refractivity contribution in [3.63, 3.8) is 0 Å². The highest BCUT2D eigenvalue weighted by molar-refractivity contribution is 5.35. The highest BCUT2D eigenvalue weighted by Gasteiger charge is 2.34. The number of nitrogens with two attached hydrogens (primary N) is 1. The molecule has 2 rings (SSSR count). The van der Waals surface area contributed by atoms with Gasteiger partial charge in [-0.1, -0.05) is 42.2 Å². The van der Waals surface area contributed by atoms with Gasteiger partial charge < -0.3 is 5.73 Å². The Kier molecular flexibility index (Phi) is 2.83. The zero-order valence-electron chi connectivity index (χ0n) is 9.84. The monoisotopic (exact) mass is 203 g/mol. The van der Waals surface area contributed by atoms with Gasteiger partial charge in [0.15, 0.2) is 0 Å². The lowest BCUT2D eigenvalue weighted by atomic mass is 9.78. The van der Waals surface area contributed by atoms with E-state index in [1.807, 2.05) is 0 Å². The first-order valence-electron chi connectivity index (χ1n) is 5.95. The maximum Gasteiger partial charge on any atom is 0.00757 e. The molecular weight excluding hydrogens is 182 g/mol. The van der Waals surface area contributed by atoms with E-state index in [0.29, 0.717) is 0 Å². The zero-order chi connectivity index (χ0) is 10.9.